The number of allylic oxidation sites excluding steroid dienone is 2. The Morgan fingerprint density at radius 1 is 1.15 bits per heavy atom. The SMILES string of the molecule is C/C=C/C#Cc1cc(F)c(-n2c(=O)c3nn(C)cc3n(C)c2=O)c(F)c1. The maximum absolute atomic E-state index is 14.5. The van der Waals surface area contributed by atoms with Crippen LogP contribution in [0, 0.1) is 23.5 Å². The highest BCUT2D eigenvalue weighted by atomic mass is 19.1. The fraction of sp³-hybridized carbons (Fsp3) is 0.167. The molecule has 0 aliphatic carbocycles. The van der Waals surface area contributed by atoms with Crippen molar-refractivity contribution < 1.29 is 8.78 Å². The van der Waals surface area contributed by atoms with Gasteiger partial charge in [0.05, 0.1) is 5.52 Å². The van der Waals surface area contributed by atoms with E-state index in [2.05, 4.69) is 16.9 Å². The first kappa shape index (κ1) is 17.4. The zero-order valence-electron chi connectivity index (χ0n) is 14.2. The van der Waals surface area contributed by atoms with Gasteiger partial charge >= 0.3 is 5.69 Å². The van der Waals surface area contributed by atoms with Gasteiger partial charge in [-0.15, -0.1) is 0 Å². The first-order valence-corrected chi connectivity index (χ1v) is 7.62. The third-order valence-corrected chi connectivity index (χ3v) is 3.76. The zero-order valence-corrected chi connectivity index (χ0v) is 14.2. The molecule has 0 saturated heterocycles. The van der Waals surface area contributed by atoms with Crippen LogP contribution < -0.4 is 11.2 Å². The van der Waals surface area contributed by atoms with Gasteiger partial charge in [0.25, 0.3) is 5.56 Å². The second kappa shape index (κ2) is 6.44. The highest BCUT2D eigenvalue weighted by Crippen LogP contribution is 2.18. The van der Waals surface area contributed by atoms with Crippen LogP contribution in [0.15, 0.2) is 40.1 Å². The van der Waals surface area contributed by atoms with E-state index in [1.54, 1.807) is 20.0 Å². The average Bonchev–Trinajstić information content (AvgIpc) is 2.98. The summed E-state index contributed by atoms with van der Waals surface area (Å²) < 4.78 is 32.0. The number of halogens is 2. The minimum Gasteiger partial charge on any atom is -0.293 e. The highest BCUT2D eigenvalue weighted by molar-refractivity contribution is 5.73. The molecule has 0 atom stereocenters. The van der Waals surface area contributed by atoms with Gasteiger partial charge in [0.2, 0.25) is 0 Å². The van der Waals surface area contributed by atoms with E-state index in [0.717, 1.165) is 16.7 Å². The number of aryl methyl sites for hydroxylation is 2. The lowest BCUT2D eigenvalue weighted by molar-refractivity contribution is 0.559. The summed E-state index contributed by atoms with van der Waals surface area (Å²) in [6.07, 6.45) is 4.69. The van der Waals surface area contributed by atoms with Crippen LogP contribution in [0.25, 0.3) is 16.7 Å². The number of benzene rings is 1. The monoisotopic (exact) mass is 356 g/mol. The topological polar surface area (TPSA) is 61.8 Å². The highest BCUT2D eigenvalue weighted by Gasteiger charge is 2.21. The lowest BCUT2D eigenvalue weighted by Crippen LogP contribution is -2.38. The number of hydrogen-bond acceptors (Lipinski definition) is 3. The Bertz CT molecular complexity index is 1210. The Morgan fingerprint density at radius 2 is 1.81 bits per heavy atom. The van der Waals surface area contributed by atoms with Crippen LogP contribution in [0.2, 0.25) is 0 Å². The summed E-state index contributed by atoms with van der Waals surface area (Å²) in [5, 5.41) is 3.98. The Kier molecular flexibility index (Phi) is 4.30. The summed E-state index contributed by atoms with van der Waals surface area (Å²) in [7, 11) is 2.97. The van der Waals surface area contributed by atoms with Crippen LogP contribution in [0.1, 0.15) is 12.5 Å². The largest absolute Gasteiger partial charge is 0.336 e. The standard InChI is InChI=1S/C18H14F2N4O2/c1-4-5-6-7-11-8-12(19)16(13(20)9-11)24-17(25)15-14(10-22(2)21-15)23(3)18(24)26/h4-5,8-10H,1-3H3/b5-4+. The minimum absolute atomic E-state index is 0.0645. The number of nitrogens with zero attached hydrogens (tertiary/aromatic N) is 4. The Hall–Kier alpha value is -3.47. The molecule has 0 unspecified atom stereocenters. The molecule has 0 aliphatic heterocycles. The first-order valence-electron chi connectivity index (χ1n) is 7.62. The molecule has 0 amide bonds. The van der Waals surface area contributed by atoms with Crippen LogP contribution in [0.3, 0.4) is 0 Å². The van der Waals surface area contributed by atoms with Crippen molar-refractivity contribution >= 4 is 11.0 Å². The summed E-state index contributed by atoms with van der Waals surface area (Å²) in [5.74, 6) is 3.06. The normalized spacial score (nSPS) is 11.1. The maximum atomic E-state index is 14.5. The molecule has 0 radical (unpaired) electrons. The van der Waals surface area contributed by atoms with Crippen molar-refractivity contribution in [2.24, 2.45) is 14.1 Å². The van der Waals surface area contributed by atoms with E-state index in [1.165, 1.54) is 24.0 Å². The van der Waals surface area contributed by atoms with Crippen molar-refractivity contribution in [1.82, 2.24) is 18.9 Å². The maximum Gasteiger partial charge on any atom is 0.336 e. The molecule has 0 bridgehead atoms. The lowest BCUT2D eigenvalue weighted by atomic mass is 10.2. The van der Waals surface area contributed by atoms with Crippen LogP contribution in [0.4, 0.5) is 8.78 Å². The van der Waals surface area contributed by atoms with Crippen LogP contribution >= 0.6 is 0 Å². The van der Waals surface area contributed by atoms with Crippen molar-refractivity contribution in [1.29, 1.82) is 0 Å². The van der Waals surface area contributed by atoms with Gasteiger partial charge in [0, 0.05) is 25.9 Å². The molecule has 0 fully saturated rings. The molecule has 2 heterocycles. The van der Waals surface area contributed by atoms with Crippen LogP contribution in [0.5, 0.6) is 0 Å². The second-order valence-corrected chi connectivity index (χ2v) is 5.58. The Morgan fingerprint density at radius 3 is 2.42 bits per heavy atom. The quantitative estimate of drug-likeness (QED) is 0.623. The van der Waals surface area contributed by atoms with Crippen molar-refractivity contribution in [3.05, 3.63) is 68.5 Å². The lowest BCUT2D eigenvalue weighted by Gasteiger charge is -2.10. The predicted octanol–water partition coefficient (Wildman–Crippen LogP) is 1.63. The van der Waals surface area contributed by atoms with Gasteiger partial charge < -0.3 is 0 Å². The molecule has 6 nitrogen and oxygen atoms in total. The van der Waals surface area contributed by atoms with Crippen molar-refractivity contribution in [3.63, 3.8) is 0 Å². The molecular weight excluding hydrogens is 342 g/mol. The summed E-state index contributed by atoms with van der Waals surface area (Å²) in [5.41, 5.74) is -2.22. The van der Waals surface area contributed by atoms with Gasteiger partial charge in [0.15, 0.2) is 17.2 Å². The number of fused-ring (bicyclic) bond motifs is 1. The van der Waals surface area contributed by atoms with Gasteiger partial charge in [-0.3, -0.25) is 14.0 Å². The van der Waals surface area contributed by atoms with Crippen LogP contribution in [-0.2, 0) is 14.1 Å². The molecular formula is C18H14F2N4O2. The molecule has 1 aromatic carbocycles. The van der Waals surface area contributed by atoms with E-state index in [-0.39, 0.29) is 16.6 Å². The van der Waals surface area contributed by atoms with E-state index in [9.17, 15) is 18.4 Å². The van der Waals surface area contributed by atoms with Gasteiger partial charge in [-0.1, -0.05) is 17.9 Å². The fourth-order valence-electron chi connectivity index (χ4n) is 2.58. The molecule has 0 spiro atoms. The zero-order chi connectivity index (χ0) is 19.0. The summed E-state index contributed by atoms with van der Waals surface area (Å²) >= 11 is 0. The Labute approximate surface area is 146 Å². The van der Waals surface area contributed by atoms with Gasteiger partial charge in [-0.2, -0.15) is 5.10 Å². The van der Waals surface area contributed by atoms with E-state index in [1.807, 2.05) is 0 Å². The van der Waals surface area contributed by atoms with Crippen molar-refractivity contribution in [2.45, 2.75) is 6.92 Å². The molecule has 0 aliphatic rings. The van der Waals surface area contributed by atoms with Crippen LogP contribution in [-0.4, -0.2) is 18.9 Å². The van der Waals surface area contributed by atoms with Crippen molar-refractivity contribution in [3.8, 4) is 17.5 Å². The third kappa shape index (κ3) is 2.73. The molecule has 0 N–H and O–H groups in total. The second-order valence-electron chi connectivity index (χ2n) is 5.58. The minimum atomic E-state index is -1.07. The van der Waals surface area contributed by atoms with Gasteiger partial charge in [-0.25, -0.2) is 18.1 Å². The molecule has 26 heavy (non-hydrogen) atoms. The van der Waals surface area contributed by atoms with Gasteiger partial charge in [0.1, 0.15) is 5.69 Å². The number of hydrogen-bond donors (Lipinski definition) is 0. The molecule has 3 aromatic rings. The smallest absolute Gasteiger partial charge is 0.293 e. The van der Waals surface area contributed by atoms with E-state index >= 15 is 0 Å². The number of rotatable bonds is 1. The summed E-state index contributed by atoms with van der Waals surface area (Å²) in [6, 6.07) is 1.95. The Balaban J connectivity index is 2.33. The molecule has 3 rings (SSSR count). The average molecular weight is 356 g/mol. The predicted molar refractivity (Wildman–Crippen MR) is 93.2 cm³/mol. The molecule has 8 heteroatoms. The molecule has 132 valence electrons. The third-order valence-electron chi connectivity index (χ3n) is 3.76. The molecule has 2 aromatic heterocycles. The van der Waals surface area contributed by atoms with Gasteiger partial charge in [-0.05, 0) is 25.1 Å². The summed E-state index contributed by atoms with van der Waals surface area (Å²) in [4.78, 5) is 25.2. The van der Waals surface area contributed by atoms with E-state index < -0.39 is 28.6 Å². The van der Waals surface area contributed by atoms with E-state index in [4.69, 9.17) is 0 Å². The number of aromatic nitrogens is 4. The summed E-state index contributed by atoms with van der Waals surface area (Å²) in [6.45, 7) is 1.76. The first-order chi connectivity index (χ1) is 12.3. The van der Waals surface area contributed by atoms with E-state index in [0.29, 0.717) is 4.57 Å². The fourth-order valence-corrected chi connectivity index (χ4v) is 2.58. The molecule has 0 saturated carbocycles. The van der Waals surface area contributed by atoms with Crippen molar-refractivity contribution in [2.75, 3.05) is 0 Å².